The van der Waals surface area contributed by atoms with E-state index in [1.165, 1.54) is 12.0 Å². The Morgan fingerprint density at radius 3 is 2.05 bits per heavy atom. The van der Waals surface area contributed by atoms with Gasteiger partial charge < -0.3 is 20.3 Å². The Bertz CT molecular complexity index is 484. The van der Waals surface area contributed by atoms with Crippen LogP contribution in [0.3, 0.4) is 0 Å². The molecule has 22 heavy (non-hydrogen) atoms. The van der Waals surface area contributed by atoms with E-state index in [2.05, 4.69) is 10.1 Å². The number of halogens is 3. The second-order valence-electron chi connectivity index (χ2n) is 5.92. The normalized spacial score (nSPS) is 17.3. The first-order valence-corrected chi connectivity index (χ1v) is 6.35. The first-order chi connectivity index (χ1) is 9.81. The molecular weight excluding hydrogens is 307 g/mol. The van der Waals surface area contributed by atoms with Gasteiger partial charge in [-0.05, 0) is 20.8 Å². The van der Waals surface area contributed by atoms with Gasteiger partial charge in [0, 0.05) is 13.1 Å². The van der Waals surface area contributed by atoms with Gasteiger partial charge in [-0.3, -0.25) is 9.59 Å². The third kappa shape index (κ3) is 4.01. The Hall–Kier alpha value is -2.00. The lowest BCUT2D eigenvalue weighted by atomic mass is 9.91. The molecule has 0 unspecified atom stereocenters. The minimum atomic E-state index is -5.07. The maximum absolute atomic E-state index is 12.2. The number of carbonyl (C=O) groups is 3. The highest BCUT2D eigenvalue weighted by Crippen LogP contribution is 2.22. The summed E-state index contributed by atoms with van der Waals surface area (Å²) in [5.74, 6) is -2.97. The van der Waals surface area contributed by atoms with E-state index < -0.39 is 35.2 Å². The van der Waals surface area contributed by atoms with E-state index in [4.69, 9.17) is 0 Å². The number of rotatable bonds is 3. The molecule has 0 saturated carbocycles. The molecule has 0 aliphatic carbocycles. The molecule has 0 radical (unpaired) electrons. The summed E-state index contributed by atoms with van der Waals surface area (Å²) in [6, 6.07) is 0. The SMILES string of the molecule is COC(=O)N1CC(C)(NC(=O)C(C)(C)NC(=O)C(F)(F)F)C1. The van der Waals surface area contributed by atoms with Crippen LogP contribution in [0.2, 0.25) is 0 Å². The van der Waals surface area contributed by atoms with Gasteiger partial charge in [0.25, 0.3) is 0 Å². The van der Waals surface area contributed by atoms with Crippen LogP contribution in [0, 0.1) is 0 Å². The van der Waals surface area contributed by atoms with Crippen LogP contribution in [-0.4, -0.2) is 60.3 Å². The van der Waals surface area contributed by atoms with E-state index in [0.29, 0.717) is 0 Å². The number of amides is 3. The number of carbonyl (C=O) groups excluding carboxylic acids is 3. The third-order valence-electron chi connectivity index (χ3n) is 3.18. The molecule has 1 rings (SSSR count). The van der Waals surface area contributed by atoms with E-state index in [0.717, 1.165) is 13.8 Å². The fourth-order valence-corrected chi connectivity index (χ4v) is 1.98. The first-order valence-electron chi connectivity index (χ1n) is 6.35. The molecule has 1 fully saturated rings. The lowest BCUT2D eigenvalue weighted by Gasteiger charge is -2.48. The van der Waals surface area contributed by atoms with E-state index in [9.17, 15) is 27.6 Å². The molecule has 1 aliphatic rings. The molecule has 7 nitrogen and oxygen atoms in total. The molecule has 0 aromatic carbocycles. The van der Waals surface area contributed by atoms with Gasteiger partial charge >= 0.3 is 18.2 Å². The number of hydrogen-bond donors (Lipinski definition) is 2. The van der Waals surface area contributed by atoms with Gasteiger partial charge in [0.1, 0.15) is 5.54 Å². The number of methoxy groups -OCH3 is 1. The van der Waals surface area contributed by atoms with Crippen LogP contribution >= 0.6 is 0 Å². The zero-order valence-electron chi connectivity index (χ0n) is 12.6. The number of likely N-dealkylation sites (tertiary alicyclic amines) is 1. The van der Waals surface area contributed by atoms with Crippen molar-refractivity contribution < 1.29 is 32.3 Å². The van der Waals surface area contributed by atoms with Crippen LogP contribution in [0.1, 0.15) is 20.8 Å². The topological polar surface area (TPSA) is 87.7 Å². The Kier molecular flexibility index (Phi) is 4.64. The maximum Gasteiger partial charge on any atom is 0.471 e. The number of ether oxygens (including phenoxy) is 1. The second kappa shape index (κ2) is 5.65. The molecule has 3 amide bonds. The molecule has 1 saturated heterocycles. The maximum atomic E-state index is 12.2. The highest BCUT2D eigenvalue weighted by Gasteiger charge is 2.47. The first kappa shape index (κ1) is 18.1. The van der Waals surface area contributed by atoms with Crippen LogP contribution in [0.5, 0.6) is 0 Å². The Morgan fingerprint density at radius 1 is 1.14 bits per heavy atom. The van der Waals surface area contributed by atoms with Crippen LogP contribution in [-0.2, 0) is 14.3 Å². The van der Waals surface area contributed by atoms with Crippen molar-refractivity contribution in [2.45, 2.75) is 38.0 Å². The van der Waals surface area contributed by atoms with Crippen molar-refractivity contribution in [2.24, 2.45) is 0 Å². The van der Waals surface area contributed by atoms with Crippen molar-refractivity contribution in [1.29, 1.82) is 0 Å². The minimum Gasteiger partial charge on any atom is -0.453 e. The number of hydrogen-bond acceptors (Lipinski definition) is 4. The number of alkyl halides is 3. The standard InChI is InChI=1S/C12H18F3N3O4/c1-10(2,16-8(20)12(13,14)15)7(19)17-11(3)5-18(6-11)9(21)22-4/h5-6H2,1-4H3,(H,16,20)(H,17,19). The Morgan fingerprint density at radius 2 is 1.64 bits per heavy atom. The van der Waals surface area contributed by atoms with Crippen LogP contribution in [0.15, 0.2) is 0 Å². The molecule has 0 aromatic rings. The summed E-state index contributed by atoms with van der Waals surface area (Å²) in [4.78, 5) is 35.5. The zero-order chi connectivity index (χ0) is 17.3. The average Bonchev–Trinajstić information content (AvgIpc) is 2.32. The predicted molar refractivity (Wildman–Crippen MR) is 68.8 cm³/mol. The quantitative estimate of drug-likeness (QED) is 0.786. The second-order valence-corrected chi connectivity index (χ2v) is 5.92. The molecule has 0 atom stereocenters. The number of nitrogens with one attached hydrogen (secondary N) is 2. The predicted octanol–water partition coefficient (Wildman–Crippen LogP) is 0.400. The summed E-state index contributed by atoms with van der Waals surface area (Å²) in [7, 11) is 1.21. The molecular formula is C12H18F3N3O4. The van der Waals surface area contributed by atoms with Gasteiger partial charge in [-0.1, -0.05) is 0 Å². The molecule has 0 spiro atoms. The van der Waals surface area contributed by atoms with Crippen molar-refractivity contribution in [3.05, 3.63) is 0 Å². The molecule has 1 aliphatic heterocycles. The van der Waals surface area contributed by atoms with Gasteiger partial charge in [0.15, 0.2) is 0 Å². The van der Waals surface area contributed by atoms with Crippen molar-refractivity contribution >= 4 is 17.9 Å². The van der Waals surface area contributed by atoms with E-state index in [1.54, 1.807) is 12.2 Å². The third-order valence-corrected chi connectivity index (χ3v) is 3.18. The van der Waals surface area contributed by atoms with E-state index >= 15 is 0 Å². The molecule has 126 valence electrons. The summed E-state index contributed by atoms with van der Waals surface area (Å²) < 4.78 is 41.2. The fourth-order valence-electron chi connectivity index (χ4n) is 1.98. The molecule has 10 heteroatoms. The monoisotopic (exact) mass is 325 g/mol. The minimum absolute atomic E-state index is 0.161. The molecule has 0 aromatic heterocycles. The van der Waals surface area contributed by atoms with Gasteiger partial charge in [0.05, 0.1) is 12.6 Å². The summed E-state index contributed by atoms with van der Waals surface area (Å²) in [5, 5.41) is 4.16. The molecule has 2 N–H and O–H groups in total. The highest BCUT2D eigenvalue weighted by molar-refractivity contribution is 5.93. The lowest BCUT2D eigenvalue weighted by Crippen LogP contribution is -2.72. The lowest BCUT2D eigenvalue weighted by molar-refractivity contribution is -0.176. The van der Waals surface area contributed by atoms with Crippen LogP contribution in [0.25, 0.3) is 0 Å². The largest absolute Gasteiger partial charge is 0.471 e. The summed E-state index contributed by atoms with van der Waals surface area (Å²) in [6.07, 6.45) is -5.63. The average molecular weight is 325 g/mol. The summed E-state index contributed by atoms with van der Waals surface area (Å²) in [5.41, 5.74) is -2.53. The summed E-state index contributed by atoms with van der Waals surface area (Å²) in [6.45, 7) is 4.27. The van der Waals surface area contributed by atoms with Gasteiger partial charge in [-0.2, -0.15) is 13.2 Å². The molecule has 1 heterocycles. The van der Waals surface area contributed by atoms with Crippen molar-refractivity contribution in [1.82, 2.24) is 15.5 Å². The Balaban J connectivity index is 2.61. The van der Waals surface area contributed by atoms with E-state index in [-0.39, 0.29) is 13.1 Å². The van der Waals surface area contributed by atoms with E-state index in [1.807, 2.05) is 0 Å². The van der Waals surface area contributed by atoms with Gasteiger partial charge in [-0.15, -0.1) is 0 Å². The molecule has 0 bridgehead atoms. The van der Waals surface area contributed by atoms with Crippen LogP contribution in [0.4, 0.5) is 18.0 Å². The van der Waals surface area contributed by atoms with Gasteiger partial charge in [-0.25, -0.2) is 4.79 Å². The highest BCUT2D eigenvalue weighted by atomic mass is 19.4. The van der Waals surface area contributed by atoms with Crippen LogP contribution < -0.4 is 10.6 Å². The Labute approximate surface area is 125 Å². The van der Waals surface area contributed by atoms with Crippen molar-refractivity contribution in [3.63, 3.8) is 0 Å². The summed E-state index contributed by atoms with van der Waals surface area (Å²) >= 11 is 0. The van der Waals surface area contributed by atoms with Gasteiger partial charge in [0.2, 0.25) is 5.91 Å². The fraction of sp³-hybridized carbons (Fsp3) is 0.750. The van der Waals surface area contributed by atoms with Crippen molar-refractivity contribution in [2.75, 3.05) is 20.2 Å². The van der Waals surface area contributed by atoms with Crippen molar-refractivity contribution in [3.8, 4) is 0 Å². The number of nitrogens with zero attached hydrogens (tertiary/aromatic N) is 1. The smallest absolute Gasteiger partial charge is 0.453 e. The zero-order valence-corrected chi connectivity index (χ0v) is 12.6.